The number of ether oxygens (including phenoxy) is 1. The van der Waals surface area contributed by atoms with Gasteiger partial charge >= 0.3 is 6.18 Å². The van der Waals surface area contributed by atoms with Gasteiger partial charge in [-0.05, 0) is 35.9 Å². The minimum atomic E-state index is -4.65. The van der Waals surface area contributed by atoms with Crippen LogP contribution in [-0.2, 0) is 12.8 Å². The number of alkyl halides is 3. The van der Waals surface area contributed by atoms with Crippen molar-refractivity contribution in [3.63, 3.8) is 0 Å². The lowest BCUT2D eigenvalue weighted by atomic mass is 10.1. The smallest absolute Gasteiger partial charge is 0.417 e. The molecule has 11 heteroatoms. The van der Waals surface area contributed by atoms with Crippen LogP contribution in [0.4, 0.5) is 24.8 Å². The van der Waals surface area contributed by atoms with Gasteiger partial charge in [0.1, 0.15) is 6.61 Å². The molecule has 0 radical (unpaired) electrons. The van der Waals surface area contributed by atoms with E-state index >= 15 is 0 Å². The largest absolute Gasteiger partial charge is 0.472 e. The number of halogens is 3. The number of nitrogens with zero attached hydrogens (tertiary/aromatic N) is 6. The topological polar surface area (TPSA) is 68.5 Å². The van der Waals surface area contributed by atoms with Gasteiger partial charge in [0.25, 0.3) is 0 Å². The zero-order chi connectivity index (χ0) is 28.0. The second-order valence-corrected chi connectivity index (χ2v) is 10.2. The van der Waals surface area contributed by atoms with Crippen LogP contribution in [0, 0.1) is 23.7 Å². The number of aromatic nitrogens is 2. The summed E-state index contributed by atoms with van der Waals surface area (Å²) in [5, 5.41) is 9.12. The molecule has 0 aliphatic carbocycles. The molecule has 0 saturated carbocycles. The molecular formula is C28H27F3N6OS. The van der Waals surface area contributed by atoms with Gasteiger partial charge in [-0.25, -0.2) is 4.98 Å². The summed E-state index contributed by atoms with van der Waals surface area (Å²) in [6.45, 7) is 3.69. The summed E-state index contributed by atoms with van der Waals surface area (Å²) in [4.78, 5) is 16.1. The highest BCUT2D eigenvalue weighted by Crippen LogP contribution is 2.39. The minimum absolute atomic E-state index is 0.211. The van der Waals surface area contributed by atoms with E-state index in [-0.39, 0.29) is 12.5 Å². The number of rotatable bonds is 8. The Hall–Kier alpha value is -3.93. The average molecular weight is 553 g/mol. The Morgan fingerprint density at radius 3 is 2.56 bits per heavy atom. The summed E-state index contributed by atoms with van der Waals surface area (Å²) in [7, 11) is 3.89. The summed E-state index contributed by atoms with van der Waals surface area (Å²) in [5.74, 6) is 3.40. The van der Waals surface area contributed by atoms with Crippen molar-refractivity contribution in [2.24, 2.45) is 0 Å². The monoisotopic (exact) mass is 552 g/mol. The summed E-state index contributed by atoms with van der Waals surface area (Å²) in [6, 6.07) is 13.1. The zero-order valence-corrected chi connectivity index (χ0v) is 22.4. The van der Waals surface area contributed by atoms with Gasteiger partial charge in [0.05, 0.1) is 34.8 Å². The highest BCUT2D eigenvalue weighted by molar-refractivity contribution is 7.99. The maximum Gasteiger partial charge on any atom is 0.417 e. The van der Waals surface area contributed by atoms with E-state index in [0.29, 0.717) is 35.4 Å². The molecule has 3 aromatic rings. The third-order valence-corrected chi connectivity index (χ3v) is 7.12. The summed E-state index contributed by atoms with van der Waals surface area (Å²) in [5.41, 5.74) is 0.508. The third kappa shape index (κ3) is 7.14. The van der Waals surface area contributed by atoms with Crippen molar-refractivity contribution in [1.82, 2.24) is 14.9 Å². The van der Waals surface area contributed by atoms with E-state index in [9.17, 15) is 13.2 Å². The highest BCUT2D eigenvalue weighted by atomic mass is 32.2. The molecule has 0 N–H and O–H groups in total. The normalized spacial score (nSPS) is 14.0. The van der Waals surface area contributed by atoms with Crippen molar-refractivity contribution in [3.05, 3.63) is 65.4 Å². The molecule has 39 heavy (non-hydrogen) atoms. The number of terminal acetylenes is 1. The van der Waals surface area contributed by atoms with Crippen molar-refractivity contribution in [1.29, 1.82) is 5.26 Å². The van der Waals surface area contributed by atoms with Crippen molar-refractivity contribution in [2.75, 3.05) is 56.6 Å². The van der Waals surface area contributed by atoms with E-state index in [2.05, 4.69) is 20.8 Å². The Labute approximate surface area is 230 Å². The predicted molar refractivity (Wildman–Crippen MR) is 145 cm³/mol. The van der Waals surface area contributed by atoms with Gasteiger partial charge < -0.3 is 14.5 Å². The van der Waals surface area contributed by atoms with Crippen molar-refractivity contribution in [2.45, 2.75) is 22.6 Å². The van der Waals surface area contributed by atoms with Gasteiger partial charge in [0.15, 0.2) is 0 Å². The van der Waals surface area contributed by atoms with Crippen molar-refractivity contribution >= 4 is 23.4 Å². The number of piperazine rings is 1. The third-order valence-electron chi connectivity index (χ3n) is 6.13. The lowest BCUT2D eigenvalue weighted by Gasteiger charge is -2.33. The summed E-state index contributed by atoms with van der Waals surface area (Å²) in [6.07, 6.45) is 2.35. The van der Waals surface area contributed by atoms with Gasteiger partial charge in [0, 0.05) is 50.9 Å². The van der Waals surface area contributed by atoms with Gasteiger partial charge in [-0.1, -0.05) is 29.8 Å². The fraction of sp³-hybridized carbons (Fsp3) is 0.321. The van der Waals surface area contributed by atoms with Crippen LogP contribution in [0.25, 0.3) is 0 Å². The highest BCUT2D eigenvalue weighted by Gasteiger charge is 2.34. The quantitative estimate of drug-likeness (QED) is 0.365. The van der Waals surface area contributed by atoms with Crippen LogP contribution < -0.4 is 14.5 Å². The number of anilines is 2. The first-order valence-corrected chi connectivity index (χ1v) is 13.0. The number of hydrogen-bond donors (Lipinski definition) is 0. The van der Waals surface area contributed by atoms with Gasteiger partial charge in [0.2, 0.25) is 11.8 Å². The molecule has 0 amide bonds. The Bertz CT molecular complexity index is 1390. The van der Waals surface area contributed by atoms with E-state index in [4.69, 9.17) is 16.4 Å². The molecule has 0 spiro atoms. The fourth-order valence-corrected chi connectivity index (χ4v) is 4.89. The first-order valence-electron chi connectivity index (χ1n) is 12.1. The van der Waals surface area contributed by atoms with Gasteiger partial charge in [-0.3, -0.25) is 4.90 Å². The SMILES string of the molecule is C#CCN1CCN(c2ncc(Sc3ccc(C#N)c(C(F)(F)F)c3)c(OCc3cccc(N(C)C)c3)n2)CC1. The molecule has 0 bridgehead atoms. The Balaban J connectivity index is 1.62. The molecule has 0 atom stereocenters. The Morgan fingerprint density at radius 2 is 1.90 bits per heavy atom. The first-order chi connectivity index (χ1) is 18.7. The van der Waals surface area contributed by atoms with E-state index < -0.39 is 17.3 Å². The predicted octanol–water partition coefficient (Wildman–Crippen LogP) is 4.92. The van der Waals surface area contributed by atoms with E-state index in [1.807, 2.05) is 48.2 Å². The van der Waals surface area contributed by atoms with Crippen molar-refractivity contribution < 1.29 is 17.9 Å². The average Bonchev–Trinajstić information content (AvgIpc) is 2.93. The lowest BCUT2D eigenvalue weighted by molar-refractivity contribution is -0.137. The molecule has 0 unspecified atom stereocenters. The molecule has 4 rings (SSSR count). The molecule has 2 heterocycles. The second-order valence-electron chi connectivity index (χ2n) is 9.08. The van der Waals surface area contributed by atoms with Crippen LogP contribution in [0.2, 0.25) is 0 Å². The zero-order valence-electron chi connectivity index (χ0n) is 21.6. The van der Waals surface area contributed by atoms with Crippen LogP contribution in [0.3, 0.4) is 0 Å². The maximum absolute atomic E-state index is 13.5. The van der Waals surface area contributed by atoms with Crippen molar-refractivity contribution in [3.8, 4) is 24.3 Å². The number of hydrogen-bond acceptors (Lipinski definition) is 8. The number of nitriles is 1. The minimum Gasteiger partial charge on any atom is -0.472 e. The van der Waals surface area contributed by atoms with E-state index in [1.54, 1.807) is 12.3 Å². The fourth-order valence-electron chi connectivity index (χ4n) is 4.03. The van der Waals surface area contributed by atoms with E-state index in [0.717, 1.165) is 42.2 Å². The van der Waals surface area contributed by atoms with Crippen LogP contribution in [-0.4, -0.2) is 61.7 Å². The first kappa shape index (κ1) is 28.1. The molecule has 1 saturated heterocycles. The van der Waals surface area contributed by atoms with Gasteiger partial charge in [-0.15, -0.1) is 6.42 Å². The standard InChI is InChI=1S/C28H27F3N6OS/c1-4-10-36-11-13-37(14-12-36)27-33-18-25(39-23-9-8-21(17-32)24(16-23)28(29,30)31)26(34-27)38-19-20-6-5-7-22(15-20)35(2)3/h1,5-9,15-16,18H,10-14,19H2,2-3H3. The maximum atomic E-state index is 13.5. The van der Waals surface area contributed by atoms with Gasteiger partial charge in [-0.2, -0.15) is 23.4 Å². The molecule has 202 valence electrons. The van der Waals surface area contributed by atoms with Crippen LogP contribution in [0.15, 0.2) is 58.5 Å². The summed E-state index contributed by atoms with van der Waals surface area (Å²) >= 11 is 1.05. The second kappa shape index (κ2) is 12.3. The molecule has 2 aromatic carbocycles. The molecule has 1 aromatic heterocycles. The summed E-state index contributed by atoms with van der Waals surface area (Å²) < 4.78 is 46.7. The molecule has 1 aliphatic rings. The van der Waals surface area contributed by atoms with E-state index in [1.165, 1.54) is 12.1 Å². The molecular weight excluding hydrogens is 525 g/mol. The lowest BCUT2D eigenvalue weighted by Crippen LogP contribution is -2.47. The van der Waals surface area contributed by atoms with Crippen LogP contribution in [0.5, 0.6) is 5.88 Å². The Morgan fingerprint density at radius 1 is 1.13 bits per heavy atom. The number of benzene rings is 2. The van der Waals surface area contributed by atoms with Crippen LogP contribution >= 0.6 is 11.8 Å². The van der Waals surface area contributed by atoms with Crippen LogP contribution in [0.1, 0.15) is 16.7 Å². The molecule has 7 nitrogen and oxygen atoms in total. The Kier molecular flexibility index (Phi) is 8.85. The molecule has 1 aliphatic heterocycles. The molecule has 1 fully saturated rings.